The zero-order chi connectivity index (χ0) is 21.2. The lowest BCUT2D eigenvalue weighted by Gasteiger charge is -2.34. The number of aromatic nitrogens is 2. The summed E-state index contributed by atoms with van der Waals surface area (Å²) in [6, 6.07) is 6.80. The Morgan fingerprint density at radius 1 is 1.03 bits per heavy atom. The number of hydrogen-bond acceptors (Lipinski definition) is 6. The average molecular weight is 423 g/mol. The first-order chi connectivity index (χ1) is 13.7. The van der Waals surface area contributed by atoms with Gasteiger partial charge in [0.25, 0.3) is 5.56 Å². The highest BCUT2D eigenvalue weighted by molar-refractivity contribution is 7.90. The van der Waals surface area contributed by atoms with Crippen LogP contribution in [0.25, 0.3) is 10.9 Å². The van der Waals surface area contributed by atoms with E-state index in [0.717, 1.165) is 4.57 Å². The van der Waals surface area contributed by atoms with Gasteiger partial charge in [0.2, 0.25) is 5.91 Å². The van der Waals surface area contributed by atoms with Gasteiger partial charge in [-0.2, -0.15) is 0 Å². The van der Waals surface area contributed by atoms with Gasteiger partial charge in [-0.1, -0.05) is 12.1 Å². The van der Waals surface area contributed by atoms with Gasteiger partial charge < -0.3 is 4.90 Å². The van der Waals surface area contributed by atoms with Crippen LogP contribution in [0.5, 0.6) is 0 Å². The van der Waals surface area contributed by atoms with Gasteiger partial charge in [-0.25, -0.2) is 13.2 Å². The van der Waals surface area contributed by atoms with Crippen LogP contribution < -0.4 is 11.2 Å². The fraction of sp³-hybridized carbons (Fsp3) is 0.526. The molecular formula is C19H26N4O5S. The monoisotopic (exact) mass is 422 g/mol. The van der Waals surface area contributed by atoms with Crippen molar-refractivity contribution in [1.29, 1.82) is 0 Å². The van der Waals surface area contributed by atoms with Crippen molar-refractivity contribution in [3.05, 3.63) is 45.1 Å². The molecule has 1 aromatic heterocycles. The van der Waals surface area contributed by atoms with Crippen molar-refractivity contribution in [3.63, 3.8) is 0 Å². The second-order valence-corrected chi connectivity index (χ2v) is 9.55. The molecule has 0 bridgehead atoms. The van der Waals surface area contributed by atoms with Gasteiger partial charge >= 0.3 is 5.69 Å². The molecule has 0 aliphatic carbocycles. The third kappa shape index (κ3) is 4.76. The maximum Gasteiger partial charge on any atom is 0.331 e. The second-order valence-electron chi connectivity index (χ2n) is 7.29. The summed E-state index contributed by atoms with van der Waals surface area (Å²) in [5, 5.41) is 0.410. The standard InChI is InChI=1S/C19H26N4O5S/c1-3-22-18(25)15-6-4-5-7-16(15)23(19(22)26)14-17(24)21-10-8-20(9-11-21)12-13-29(2,27)28/h4-7H,3,8-14H2,1-2H3. The van der Waals surface area contributed by atoms with Crippen LogP contribution in [0.3, 0.4) is 0 Å². The van der Waals surface area contributed by atoms with Crippen LogP contribution in [0.15, 0.2) is 33.9 Å². The predicted molar refractivity (Wildman–Crippen MR) is 111 cm³/mol. The SMILES string of the molecule is CCn1c(=O)c2ccccc2n(CC(=O)N2CCN(CCS(C)(=O)=O)CC2)c1=O. The zero-order valence-electron chi connectivity index (χ0n) is 16.7. The van der Waals surface area contributed by atoms with Crippen molar-refractivity contribution in [1.82, 2.24) is 18.9 Å². The highest BCUT2D eigenvalue weighted by Crippen LogP contribution is 2.09. The first-order valence-electron chi connectivity index (χ1n) is 9.61. The molecule has 1 aliphatic heterocycles. The largest absolute Gasteiger partial charge is 0.339 e. The number of nitrogens with zero attached hydrogens (tertiary/aromatic N) is 4. The van der Waals surface area contributed by atoms with Gasteiger partial charge in [-0.15, -0.1) is 0 Å². The molecule has 1 saturated heterocycles. The number of rotatable bonds is 6. The van der Waals surface area contributed by atoms with E-state index in [9.17, 15) is 22.8 Å². The fourth-order valence-electron chi connectivity index (χ4n) is 3.55. The Kier molecular flexibility index (Phi) is 6.23. The van der Waals surface area contributed by atoms with Gasteiger partial charge in [0.15, 0.2) is 0 Å². The van der Waals surface area contributed by atoms with E-state index in [0.29, 0.717) is 43.6 Å². The topological polar surface area (TPSA) is 102 Å². The molecule has 10 heteroatoms. The Morgan fingerprint density at radius 3 is 2.31 bits per heavy atom. The molecule has 9 nitrogen and oxygen atoms in total. The highest BCUT2D eigenvalue weighted by Gasteiger charge is 2.23. The Morgan fingerprint density at radius 2 is 1.69 bits per heavy atom. The second kappa shape index (κ2) is 8.50. The van der Waals surface area contributed by atoms with E-state index >= 15 is 0 Å². The number of piperazine rings is 1. The molecule has 2 aromatic rings. The molecule has 1 aliphatic rings. The molecule has 0 unspecified atom stereocenters. The minimum absolute atomic E-state index is 0.0981. The molecule has 1 amide bonds. The molecule has 0 atom stereocenters. The van der Waals surface area contributed by atoms with Gasteiger partial charge in [0.05, 0.1) is 16.7 Å². The van der Waals surface area contributed by atoms with Crippen LogP contribution >= 0.6 is 0 Å². The summed E-state index contributed by atoms with van der Waals surface area (Å²) in [5.74, 6) is -0.0951. The summed E-state index contributed by atoms with van der Waals surface area (Å²) < 4.78 is 25.1. The molecule has 0 saturated carbocycles. The number of amides is 1. The van der Waals surface area contributed by atoms with E-state index in [2.05, 4.69) is 0 Å². The highest BCUT2D eigenvalue weighted by atomic mass is 32.2. The van der Waals surface area contributed by atoms with Crippen LogP contribution in [0.2, 0.25) is 0 Å². The summed E-state index contributed by atoms with van der Waals surface area (Å²) in [7, 11) is -3.02. The maximum absolute atomic E-state index is 12.8. The average Bonchev–Trinajstić information content (AvgIpc) is 2.69. The molecule has 0 radical (unpaired) electrons. The molecule has 1 aromatic carbocycles. The summed E-state index contributed by atoms with van der Waals surface area (Å²) >= 11 is 0. The molecule has 29 heavy (non-hydrogen) atoms. The number of para-hydroxylation sites is 1. The molecular weight excluding hydrogens is 396 g/mol. The van der Waals surface area contributed by atoms with E-state index in [4.69, 9.17) is 0 Å². The zero-order valence-corrected chi connectivity index (χ0v) is 17.5. The number of benzene rings is 1. The number of fused-ring (bicyclic) bond motifs is 1. The van der Waals surface area contributed by atoms with E-state index in [-0.39, 0.29) is 30.3 Å². The lowest BCUT2D eigenvalue weighted by Crippen LogP contribution is -2.51. The van der Waals surface area contributed by atoms with E-state index < -0.39 is 15.5 Å². The Labute approximate surface area is 169 Å². The van der Waals surface area contributed by atoms with Gasteiger partial charge in [-0.3, -0.25) is 23.6 Å². The molecule has 158 valence electrons. The number of carbonyl (C=O) groups is 1. The van der Waals surface area contributed by atoms with E-state index in [1.807, 2.05) is 4.90 Å². The number of sulfone groups is 1. The molecule has 0 N–H and O–H groups in total. The quantitative estimate of drug-likeness (QED) is 0.615. The van der Waals surface area contributed by atoms with Crippen molar-refractivity contribution in [2.45, 2.75) is 20.0 Å². The Bertz CT molecular complexity index is 1130. The van der Waals surface area contributed by atoms with Crippen LogP contribution in [-0.4, -0.2) is 78.0 Å². The van der Waals surface area contributed by atoms with Crippen molar-refractivity contribution >= 4 is 26.6 Å². The fourth-order valence-corrected chi connectivity index (χ4v) is 4.14. The van der Waals surface area contributed by atoms with Crippen LogP contribution in [0.1, 0.15) is 6.92 Å². The van der Waals surface area contributed by atoms with Gasteiger partial charge in [0.1, 0.15) is 16.4 Å². The lowest BCUT2D eigenvalue weighted by atomic mass is 10.2. The van der Waals surface area contributed by atoms with Crippen LogP contribution in [0.4, 0.5) is 0 Å². The molecule has 2 heterocycles. The summed E-state index contributed by atoms with van der Waals surface area (Å²) in [6.07, 6.45) is 1.21. The smallest absolute Gasteiger partial charge is 0.331 e. The van der Waals surface area contributed by atoms with Crippen molar-refractivity contribution < 1.29 is 13.2 Å². The Hall–Kier alpha value is -2.46. The third-order valence-corrected chi connectivity index (χ3v) is 6.17. The van der Waals surface area contributed by atoms with Gasteiger partial charge in [0, 0.05) is 45.5 Å². The van der Waals surface area contributed by atoms with Crippen LogP contribution in [-0.2, 0) is 27.7 Å². The van der Waals surface area contributed by atoms with E-state index in [1.54, 1.807) is 36.1 Å². The first kappa shape index (κ1) is 21.3. The lowest BCUT2D eigenvalue weighted by molar-refractivity contribution is -0.133. The number of carbonyl (C=O) groups excluding carboxylic acids is 1. The third-order valence-electron chi connectivity index (χ3n) is 5.25. The predicted octanol–water partition coefficient (Wildman–Crippen LogP) is -0.628. The summed E-state index contributed by atoms with van der Waals surface area (Å²) in [5.41, 5.74) is -0.389. The number of hydrogen-bond donors (Lipinski definition) is 0. The normalized spacial score (nSPS) is 15.7. The van der Waals surface area contributed by atoms with Gasteiger partial charge in [-0.05, 0) is 19.1 Å². The molecule has 0 spiro atoms. The summed E-state index contributed by atoms with van der Waals surface area (Å²) in [4.78, 5) is 41.8. The molecule has 1 fully saturated rings. The Balaban J connectivity index is 1.76. The first-order valence-corrected chi connectivity index (χ1v) is 11.7. The molecule has 3 rings (SSSR count). The minimum Gasteiger partial charge on any atom is -0.339 e. The van der Waals surface area contributed by atoms with Crippen LogP contribution in [0, 0.1) is 0 Å². The summed E-state index contributed by atoms with van der Waals surface area (Å²) in [6.45, 7) is 4.40. The van der Waals surface area contributed by atoms with Crippen molar-refractivity contribution in [3.8, 4) is 0 Å². The minimum atomic E-state index is -3.02. The van der Waals surface area contributed by atoms with Crippen molar-refractivity contribution in [2.75, 3.05) is 44.7 Å². The van der Waals surface area contributed by atoms with E-state index in [1.165, 1.54) is 10.8 Å². The maximum atomic E-state index is 12.8. The van der Waals surface area contributed by atoms with Crippen molar-refractivity contribution in [2.24, 2.45) is 0 Å².